The third kappa shape index (κ3) is 5.05. The van der Waals surface area contributed by atoms with Crippen molar-refractivity contribution in [2.45, 2.75) is 51.9 Å². The number of benzene rings is 1. The van der Waals surface area contributed by atoms with E-state index in [1.54, 1.807) is 6.07 Å². The summed E-state index contributed by atoms with van der Waals surface area (Å²) < 4.78 is 42.2. The van der Waals surface area contributed by atoms with Crippen LogP contribution in [0, 0.1) is 0 Å². The normalized spacial score (nSPS) is 14.1. The quantitative estimate of drug-likeness (QED) is 0.390. The van der Waals surface area contributed by atoms with Gasteiger partial charge in [0.25, 0.3) is 5.56 Å². The van der Waals surface area contributed by atoms with Crippen molar-refractivity contribution in [2.75, 3.05) is 11.9 Å². The van der Waals surface area contributed by atoms with E-state index < -0.39 is 23.7 Å². The molecule has 37 heavy (non-hydrogen) atoms. The Balaban J connectivity index is 1.66. The van der Waals surface area contributed by atoms with Crippen molar-refractivity contribution < 1.29 is 13.2 Å². The van der Waals surface area contributed by atoms with E-state index in [0.717, 1.165) is 35.4 Å². The van der Waals surface area contributed by atoms with Gasteiger partial charge >= 0.3 is 6.18 Å². The molecular weight excluding hydrogens is 507 g/mol. The van der Waals surface area contributed by atoms with Crippen LogP contribution >= 0.6 is 11.6 Å². The number of halogens is 4. The minimum atomic E-state index is -4.65. The molecule has 3 aromatic heterocycles. The molecule has 0 bridgehead atoms. The van der Waals surface area contributed by atoms with Gasteiger partial charge in [-0.15, -0.1) is 0 Å². The van der Waals surface area contributed by atoms with E-state index in [1.165, 1.54) is 17.8 Å². The van der Waals surface area contributed by atoms with Crippen molar-refractivity contribution in [2.24, 2.45) is 0 Å². The van der Waals surface area contributed by atoms with Crippen LogP contribution in [0.4, 0.5) is 24.8 Å². The first-order valence-electron chi connectivity index (χ1n) is 11.7. The van der Waals surface area contributed by atoms with E-state index in [9.17, 15) is 18.0 Å². The lowest BCUT2D eigenvalue weighted by Gasteiger charge is -2.21. The number of anilines is 2. The van der Waals surface area contributed by atoms with Crippen LogP contribution in [-0.2, 0) is 24.9 Å². The number of pyridine rings is 1. The van der Waals surface area contributed by atoms with Crippen molar-refractivity contribution in [3.8, 4) is 5.82 Å². The van der Waals surface area contributed by atoms with E-state index in [1.807, 2.05) is 39.0 Å². The van der Waals surface area contributed by atoms with Crippen LogP contribution in [0.25, 0.3) is 16.9 Å². The van der Waals surface area contributed by atoms with Crippen molar-refractivity contribution in [1.29, 1.82) is 0 Å². The van der Waals surface area contributed by atoms with E-state index in [4.69, 9.17) is 11.6 Å². The second kappa shape index (κ2) is 9.14. The molecule has 1 aliphatic rings. The smallest absolute Gasteiger partial charge is 0.324 e. The maximum atomic E-state index is 13.5. The summed E-state index contributed by atoms with van der Waals surface area (Å²) >= 11 is 6.34. The van der Waals surface area contributed by atoms with Crippen LogP contribution in [0.15, 0.2) is 41.3 Å². The zero-order valence-corrected chi connectivity index (χ0v) is 21.2. The van der Waals surface area contributed by atoms with Crippen LogP contribution in [-0.4, -0.2) is 37.0 Å². The zero-order valence-electron chi connectivity index (χ0n) is 20.4. The molecule has 2 N–H and O–H groups in total. The molecule has 0 saturated carbocycles. The van der Waals surface area contributed by atoms with Gasteiger partial charge in [0.1, 0.15) is 11.9 Å². The molecule has 4 heterocycles. The first kappa shape index (κ1) is 25.2. The Morgan fingerprint density at radius 3 is 2.62 bits per heavy atom. The highest BCUT2D eigenvalue weighted by molar-refractivity contribution is 6.31. The third-order valence-corrected chi connectivity index (χ3v) is 6.42. The standard InChI is InChI=1S/C25H25ClF3N7O/c1-24(2,3)20-18(26)6-7-19(33-20)36-21-17(22(37)35(36)13-25(27,28)29)12-31-23(34-21)32-16-5-4-14-8-9-30-11-15(14)10-16/h4-7,10,12,30H,8-9,11,13H2,1-3H3,(H,31,32,34). The van der Waals surface area contributed by atoms with Gasteiger partial charge in [0.2, 0.25) is 5.95 Å². The molecule has 0 saturated heterocycles. The second-order valence-electron chi connectivity index (χ2n) is 10.0. The predicted octanol–water partition coefficient (Wildman–Crippen LogP) is 4.88. The maximum absolute atomic E-state index is 13.5. The van der Waals surface area contributed by atoms with Gasteiger partial charge in [-0.05, 0) is 48.4 Å². The van der Waals surface area contributed by atoms with Gasteiger partial charge in [-0.2, -0.15) is 18.2 Å². The minimum Gasteiger partial charge on any atom is -0.324 e. The molecule has 0 radical (unpaired) electrons. The summed E-state index contributed by atoms with van der Waals surface area (Å²) in [5.41, 5.74) is 2.25. The molecular formula is C25H25ClF3N7O. The Morgan fingerprint density at radius 1 is 1.11 bits per heavy atom. The Labute approximate surface area is 215 Å². The molecule has 0 fully saturated rings. The first-order valence-corrected chi connectivity index (χ1v) is 12.1. The van der Waals surface area contributed by atoms with Crippen molar-refractivity contribution in [1.82, 2.24) is 29.6 Å². The third-order valence-electron chi connectivity index (χ3n) is 6.11. The van der Waals surface area contributed by atoms with Gasteiger partial charge in [0.05, 0.1) is 10.7 Å². The molecule has 194 valence electrons. The zero-order chi connectivity index (χ0) is 26.5. The summed E-state index contributed by atoms with van der Waals surface area (Å²) in [6.07, 6.45) is -2.49. The number of aromatic nitrogens is 5. The average Bonchev–Trinajstić information content (AvgIpc) is 3.08. The van der Waals surface area contributed by atoms with Crippen molar-refractivity contribution in [3.05, 3.63) is 68.7 Å². The summed E-state index contributed by atoms with van der Waals surface area (Å²) in [6.45, 7) is 5.81. The number of rotatable bonds is 4. The maximum Gasteiger partial charge on any atom is 0.408 e. The monoisotopic (exact) mass is 531 g/mol. The van der Waals surface area contributed by atoms with Crippen LogP contribution in [0.3, 0.4) is 0 Å². The van der Waals surface area contributed by atoms with Gasteiger partial charge in [-0.1, -0.05) is 38.4 Å². The molecule has 0 unspecified atom stereocenters. The molecule has 0 spiro atoms. The molecule has 5 rings (SSSR count). The fourth-order valence-electron chi connectivity index (χ4n) is 4.40. The summed E-state index contributed by atoms with van der Waals surface area (Å²) in [5, 5.41) is 6.74. The number of alkyl halides is 3. The lowest BCUT2D eigenvalue weighted by atomic mass is 9.91. The predicted molar refractivity (Wildman–Crippen MR) is 136 cm³/mol. The topological polar surface area (TPSA) is 89.7 Å². The molecule has 0 aliphatic carbocycles. The highest BCUT2D eigenvalue weighted by Gasteiger charge is 2.32. The molecule has 0 atom stereocenters. The number of hydrogen-bond donors (Lipinski definition) is 2. The van der Waals surface area contributed by atoms with E-state index in [2.05, 4.69) is 25.6 Å². The number of nitrogens with one attached hydrogen (secondary N) is 2. The first-order chi connectivity index (χ1) is 17.4. The van der Waals surface area contributed by atoms with Crippen molar-refractivity contribution in [3.63, 3.8) is 0 Å². The Kier molecular flexibility index (Phi) is 6.23. The SMILES string of the molecule is CC(C)(C)c1nc(-n2c3nc(Nc4ccc5c(c4)CNCC5)ncc3c(=O)n2CC(F)(F)F)ccc1Cl. The Hall–Kier alpha value is -3.44. The number of nitrogens with zero attached hydrogens (tertiary/aromatic N) is 5. The van der Waals surface area contributed by atoms with Crippen molar-refractivity contribution >= 4 is 34.3 Å². The van der Waals surface area contributed by atoms with Gasteiger partial charge in [-0.25, -0.2) is 19.3 Å². The lowest BCUT2D eigenvalue weighted by molar-refractivity contribution is -0.144. The average molecular weight is 532 g/mol. The molecule has 4 aromatic rings. The largest absolute Gasteiger partial charge is 0.408 e. The van der Waals surface area contributed by atoms with Crippen LogP contribution in [0.2, 0.25) is 5.02 Å². The van der Waals surface area contributed by atoms with Gasteiger partial charge < -0.3 is 10.6 Å². The summed E-state index contributed by atoms with van der Waals surface area (Å²) in [5.74, 6) is 0.231. The van der Waals surface area contributed by atoms with Crippen LogP contribution in [0.5, 0.6) is 0 Å². The van der Waals surface area contributed by atoms with Gasteiger partial charge in [-0.3, -0.25) is 4.79 Å². The summed E-state index contributed by atoms with van der Waals surface area (Å²) in [6, 6.07) is 8.93. The van der Waals surface area contributed by atoms with E-state index >= 15 is 0 Å². The fourth-order valence-corrected chi connectivity index (χ4v) is 4.79. The Morgan fingerprint density at radius 2 is 1.89 bits per heavy atom. The summed E-state index contributed by atoms with van der Waals surface area (Å²) in [7, 11) is 0. The van der Waals surface area contributed by atoms with E-state index in [-0.39, 0.29) is 22.8 Å². The minimum absolute atomic E-state index is 0.000980. The van der Waals surface area contributed by atoms with Crippen LogP contribution in [0.1, 0.15) is 37.6 Å². The Bertz CT molecular complexity index is 1550. The van der Waals surface area contributed by atoms with Gasteiger partial charge in [0, 0.05) is 23.8 Å². The lowest BCUT2D eigenvalue weighted by Crippen LogP contribution is -2.30. The fraction of sp³-hybridized carbons (Fsp3) is 0.360. The number of hydrogen-bond acceptors (Lipinski definition) is 6. The highest BCUT2D eigenvalue weighted by Crippen LogP contribution is 2.30. The molecule has 1 aliphatic heterocycles. The number of fused-ring (bicyclic) bond motifs is 2. The molecule has 8 nitrogen and oxygen atoms in total. The van der Waals surface area contributed by atoms with Crippen LogP contribution < -0.4 is 16.2 Å². The molecule has 0 amide bonds. The van der Waals surface area contributed by atoms with E-state index in [0.29, 0.717) is 15.4 Å². The summed E-state index contributed by atoms with van der Waals surface area (Å²) in [4.78, 5) is 26.3. The molecule has 12 heteroatoms. The van der Waals surface area contributed by atoms with Gasteiger partial charge in [0.15, 0.2) is 11.5 Å². The second-order valence-corrected chi connectivity index (χ2v) is 10.4. The molecule has 1 aromatic carbocycles. The highest BCUT2D eigenvalue weighted by atomic mass is 35.5.